The van der Waals surface area contributed by atoms with Crippen LogP contribution in [0.2, 0.25) is 0 Å². The number of nitrogens with zero attached hydrogens (tertiary/aromatic N) is 2. The van der Waals surface area contributed by atoms with E-state index in [2.05, 4.69) is 155 Å². The van der Waals surface area contributed by atoms with Gasteiger partial charge in [-0.2, -0.15) is 0 Å². The van der Waals surface area contributed by atoms with Crippen molar-refractivity contribution in [2.24, 2.45) is 0 Å². The first kappa shape index (κ1) is 28.2. The van der Waals surface area contributed by atoms with Crippen LogP contribution in [0, 0.1) is 0 Å². The number of hydrogen-bond acceptors (Lipinski definition) is 3. The Morgan fingerprint density at radius 3 is 1.65 bits per heavy atom. The normalized spacial score (nSPS) is 14.9. The molecule has 2 aliphatic rings. The Labute approximate surface area is 285 Å². The van der Waals surface area contributed by atoms with E-state index in [4.69, 9.17) is 14.4 Å². The summed E-state index contributed by atoms with van der Waals surface area (Å²) in [6.45, 7) is 9.28. The third-order valence-electron chi connectivity index (χ3n) is 11.2. The molecule has 2 heterocycles. The lowest BCUT2D eigenvalue weighted by atomic mass is 9.81. The molecule has 2 aliphatic carbocycles. The summed E-state index contributed by atoms with van der Waals surface area (Å²) in [4.78, 5) is 9.51. The standard InChI is InChI=1S/C46H34N2O/c1-45(2)37-14-7-5-12-32(37)34-19-16-30(24-39(34)45)28-11-9-10-27(22-28)29-18-21-41-36(23-29)43-44(49-41)42(47-26-48-43)31-17-20-35-33-13-6-8-15-38(33)46(3,4)40(35)25-31/h5-26H,1-4H3. The van der Waals surface area contributed by atoms with E-state index in [-0.39, 0.29) is 10.8 Å². The van der Waals surface area contributed by atoms with Crippen molar-refractivity contribution in [1.29, 1.82) is 0 Å². The van der Waals surface area contributed by atoms with Gasteiger partial charge < -0.3 is 4.42 Å². The van der Waals surface area contributed by atoms with E-state index in [1.165, 1.54) is 55.6 Å². The Bertz CT molecular complexity index is 2670. The van der Waals surface area contributed by atoms with E-state index >= 15 is 0 Å². The Hall–Kier alpha value is -5.80. The molecule has 0 bridgehead atoms. The van der Waals surface area contributed by atoms with Crippen LogP contribution in [0.4, 0.5) is 0 Å². The molecule has 0 spiro atoms. The number of fused-ring (bicyclic) bond motifs is 9. The zero-order chi connectivity index (χ0) is 33.1. The zero-order valence-corrected chi connectivity index (χ0v) is 28.0. The fourth-order valence-electron chi connectivity index (χ4n) is 8.58. The van der Waals surface area contributed by atoms with Crippen LogP contribution in [0.1, 0.15) is 49.9 Å². The SMILES string of the molecule is CC1(C)c2ccccc2-c2ccc(-c3cccc(-c4ccc5oc6c(-c7ccc8c(c7)C(C)(C)c7ccccc7-8)ncnc6c5c4)c3)cc21. The summed E-state index contributed by atoms with van der Waals surface area (Å²) in [6, 6.07) is 46.5. The van der Waals surface area contributed by atoms with Crippen molar-refractivity contribution in [1.82, 2.24) is 9.97 Å². The maximum atomic E-state index is 6.52. The molecule has 0 aliphatic heterocycles. The number of rotatable bonds is 3. The molecule has 6 aromatic carbocycles. The lowest BCUT2D eigenvalue weighted by molar-refractivity contribution is 0.659. The van der Waals surface area contributed by atoms with Crippen LogP contribution in [-0.2, 0) is 10.8 Å². The molecular formula is C46H34N2O. The minimum Gasteiger partial charge on any atom is -0.452 e. The Balaban J connectivity index is 1.04. The van der Waals surface area contributed by atoms with Crippen LogP contribution in [0.3, 0.4) is 0 Å². The summed E-state index contributed by atoms with van der Waals surface area (Å²) in [7, 11) is 0. The summed E-state index contributed by atoms with van der Waals surface area (Å²) in [5.74, 6) is 0. The third-order valence-corrected chi connectivity index (χ3v) is 11.2. The van der Waals surface area contributed by atoms with E-state index in [9.17, 15) is 0 Å². The van der Waals surface area contributed by atoms with Gasteiger partial charge in [-0.25, -0.2) is 9.97 Å². The van der Waals surface area contributed by atoms with Gasteiger partial charge in [0.1, 0.15) is 23.1 Å². The fourth-order valence-corrected chi connectivity index (χ4v) is 8.58. The van der Waals surface area contributed by atoms with Crippen molar-refractivity contribution in [3.8, 4) is 55.8 Å². The summed E-state index contributed by atoms with van der Waals surface area (Å²) in [6.07, 6.45) is 1.67. The highest BCUT2D eigenvalue weighted by molar-refractivity contribution is 6.07. The minimum absolute atomic E-state index is 0.0331. The predicted molar refractivity (Wildman–Crippen MR) is 201 cm³/mol. The monoisotopic (exact) mass is 630 g/mol. The van der Waals surface area contributed by atoms with Gasteiger partial charge in [-0.15, -0.1) is 0 Å². The first-order valence-electron chi connectivity index (χ1n) is 17.1. The molecule has 3 nitrogen and oxygen atoms in total. The molecule has 0 radical (unpaired) electrons. The summed E-state index contributed by atoms with van der Waals surface area (Å²) < 4.78 is 6.52. The summed E-state index contributed by atoms with van der Waals surface area (Å²) in [5.41, 5.74) is 19.6. The van der Waals surface area contributed by atoms with Crippen molar-refractivity contribution < 1.29 is 4.42 Å². The van der Waals surface area contributed by atoms with Crippen LogP contribution >= 0.6 is 0 Å². The Morgan fingerprint density at radius 1 is 0.449 bits per heavy atom. The molecule has 0 fully saturated rings. The van der Waals surface area contributed by atoms with Gasteiger partial charge in [-0.05, 0) is 97.1 Å². The van der Waals surface area contributed by atoms with Crippen LogP contribution in [0.25, 0.3) is 77.8 Å². The lowest BCUT2D eigenvalue weighted by Gasteiger charge is -2.22. The molecule has 49 heavy (non-hydrogen) atoms. The molecule has 8 aromatic rings. The molecule has 0 atom stereocenters. The maximum Gasteiger partial charge on any atom is 0.180 e. The predicted octanol–water partition coefficient (Wildman–Crippen LogP) is 12.0. The summed E-state index contributed by atoms with van der Waals surface area (Å²) in [5, 5.41) is 0.993. The fraction of sp³-hybridized carbons (Fsp3) is 0.130. The molecule has 0 N–H and O–H groups in total. The van der Waals surface area contributed by atoms with Crippen molar-refractivity contribution in [2.45, 2.75) is 38.5 Å². The van der Waals surface area contributed by atoms with E-state index in [0.717, 1.165) is 44.5 Å². The molecule has 0 unspecified atom stereocenters. The van der Waals surface area contributed by atoms with Gasteiger partial charge in [0.2, 0.25) is 0 Å². The third kappa shape index (κ3) is 3.96. The highest BCUT2D eigenvalue weighted by Crippen LogP contribution is 2.51. The van der Waals surface area contributed by atoms with Gasteiger partial charge in [0, 0.05) is 21.8 Å². The van der Waals surface area contributed by atoms with Crippen LogP contribution in [-0.4, -0.2) is 9.97 Å². The molecule has 2 aromatic heterocycles. The van der Waals surface area contributed by atoms with Gasteiger partial charge in [-0.3, -0.25) is 0 Å². The van der Waals surface area contributed by atoms with Crippen molar-refractivity contribution in [3.05, 3.63) is 156 Å². The molecular weight excluding hydrogens is 597 g/mol. The molecule has 234 valence electrons. The van der Waals surface area contributed by atoms with E-state index in [0.29, 0.717) is 0 Å². The second kappa shape index (κ2) is 9.87. The zero-order valence-electron chi connectivity index (χ0n) is 28.0. The van der Waals surface area contributed by atoms with Crippen LogP contribution in [0.15, 0.2) is 138 Å². The second-order valence-corrected chi connectivity index (χ2v) is 14.7. The van der Waals surface area contributed by atoms with E-state index in [1.54, 1.807) is 6.33 Å². The first-order valence-corrected chi connectivity index (χ1v) is 17.1. The maximum absolute atomic E-state index is 6.52. The molecule has 0 saturated heterocycles. The largest absolute Gasteiger partial charge is 0.452 e. The van der Waals surface area contributed by atoms with Crippen molar-refractivity contribution >= 4 is 22.1 Å². The second-order valence-electron chi connectivity index (χ2n) is 14.7. The van der Waals surface area contributed by atoms with E-state index in [1.807, 2.05) is 0 Å². The number of hydrogen-bond donors (Lipinski definition) is 0. The number of aromatic nitrogens is 2. The molecule has 0 saturated carbocycles. The van der Waals surface area contributed by atoms with Gasteiger partial charge in [-0.1, -0.05) is 125 Å². The Morgan fingerprint density at radius 2 is 0.980 bits per heavy atom. The lowest BCUT2D eigenvalue weighted by Crippen LogP contribution is -2.14. The van der Waals surface area contributed by atoms with Gasteiger partial charge in [0.15, 0.2) is 5.58 Å². The summed E-state index contributed by atoms with van der Waals surface area (Å²) >= 11 is 0. The first-order chi connectivity index (χ1) is 23.8. The van der Waals surface area contributed by atoms with Crippen molar-refractivity contribution in [3.63, 3.8) is 0 Å². The smallest absolute Gasteiger partial charge is 0.180 e. The van der Waals surface area contributed by atoms with Crippen molar-refractivity contribution in [2.75, 3.05) is 0 Å². The topological polar surface area (TPSA) is 38.9 Å². The molecule has 10 rings (SSSR count). The van der Waals surface area contributed by atoms with Gasteiger partial charge in [0.05, 0.1) is 0 Å². The average molecular weight is 631 g/mol. The van der Waals surface area contributed by atoms with Gasteiger partial charge in [0.25, 0.3) is 0 Å². The highest BCUT2D eigenvalue weighted by Gasteiger charge is 2.36. The van der Waals surface area contributed by atoms with E-state index < -0.39 is 0 Å². The van der Waals surface area contributed by atoms with Crippen LogP contribution in [0.5, 0.6) is 0 Å². The van der Waals surface area contributed by atoms with Crippen LogP contribution < -0.4 is 0 Å². The molecule has 0 amide bonds. The quantitative estimate of drug-likeness (QED) is 0.195. The highest BCUT2D eigenvalue weighted by atomic mass is 16.3. The minimum atomic E-state index is -0.0909. The number of benzene rings is 6. The molecule has 3 heteroatoms. The van der Waals surface area contributed by atoms with Gasteiger partial charge >= 0.3 is 0 Å². The number of furan rings is 1. The average Bonchev–Trinajstić information content (AvgIpc) is 3.71. The Kier molecular flexibility index (Phi) is 5.69.